The van der Waals surface area contributed by atoms with E-state index in [0.717, 1.165) is 11.1 Å². The molecule has 0 saturated heterocycles. The number of rotatable bonds is 3. The zero-order valence-corrected chi connectivity index (χ0v) is 11.8. The molecule has 106 valence electrons. The van der Waals surface area contributed by atoms with E-state index < -0.39 is 0 Å². The van der Waals surface area contributed by atoms with Gasteiger partial charge in [0.15, 0.2) is 17.3 Å². The van der Waals surface area contributed by atoms with Crippen LogP contribution >= 0.6 is 0 Å². The van der Waals surface area contributed by atoms with E-state index in [2.05, 4.69) is 0 Å². The smallest absolute Gasteiger partial charge is 0.185 e. The van der Waals surface area contributed by atoms with Crippen molar-refractivity contribution in [2.45, 2.75) is 6.92 Å². The fourth-order valence-corrected chi connectivity index (χ4v) is 2.23. The van der Waals surface area contributed by atoms with Crippen molar-refractivity contribution in [1.29, 1.82) is 0 Å². The van der Waals surface area contributed by atoms with Gasteiger partial charge < -0.3 is 9.47 Å². The van der Waals surface area contributed by atoms with Crippen LogP contribution < -0.4 is 9.47 Å². The summed E-state index contributed by atoms with van der Waals surface area (Å²) in [5, 5.41) is 0. The highest BCUT2D eigenvalue weighted by Crippen LogP contribution is 2.31. The van der Waals surface area contributed by atoms with Crippen LogP contribution in [0.2, 0.25) is 0 Å². The van der Waals surface area contributed by atoms with Gasteiger partial charge in [0.05, 0.1) is 0 Å². The van der Waals surface area contributed by atoms with Crippen molar-refractivity contribution < 1.29 is 14.3 Å². The van der Waals surface area contributed by atoms with Crippen molar-refractivity contribution >= 4 is 11.9 Å². The summed E-state index contributed by atoms with van der Waals surface area (Å²) in [6.45, 7) is 3.09. The number of benzene rings is 2. The Balaban J connectivity index is 1.81. The molecule has 0 saturated carbocycles. The fourth-order valence-electron chi connectivity index (χ4n) is 2.23. The quantitative estimate of drug-likeness (QED) is 0.636. The standard InChI is InChI=1S/C18H16O3/c1-13-4-2-3-5-14(13)6-8-16(19)15-7-9-17-18(12-15)21-11-10-20-17/h2-9,12H,10-11H2,1H3. The number of fused-ring (bicyclic) bond motifs is 1. The van der Waals surface area contributed by atoms with Gasteiger partial charge in [-0.15, -0.1) is 0 Å². The van der Waals surface area contributed by atoms with Gasteiger partial charge in [0.2, 0.25) is 0 Å². The van der Waals surface area contributed by atoms with Crippen molar-refractivity contribution in [2.75, 3.05) is 13.2 Å². The maximum Gasteiger partial charge on any atom is 0.185 e. The van der Waals surface area contributed by atoms with Crippen LogP contribution in [-0.2, 0) is 0 Å². The Kier molecular flexibility index (Phi) is 3.73. The number of carbonyl (C=O) groups excluding carboxylic acids is 1. The van der Waals surface area contributed by atoms with E-state index in [0.29, 0.717) is 30.3 Å². The first-order valence-corrected chi connectivity index (χ1v) is 6.92. The Morgan fingerprint density at radius 1 is 1.05 bits per heavy atom. The predicted octanol–water partition coefficient (Wildman–Crippen LogP) is 3.66. The molecule has 2 aromatic carbocycles. The van der Waals surface area contributed by atoms with Gasteiger partial charge in [-0.3, -0.25) is 4.79 Å². The first kappa shape index (κ1) is 13.4. The molecule has 0 spiro atoms. The lowest BCUT2D eigenvalue weighted by Gasteiger charge is -2.18. The van der Waals surface area contributed by atoms with Crippen molar-refractivity contribution in [2.24, 2.45) is 0 Å². The minimum Gasteiger partial charge on any atom is -0.486 e. The molecule has 1 heterocycles. The highest BCUT2D eigenvalue weighted by molar-refractivity contribution is 6.07. The van der Waals surface area contributed by atoms with E-state index in [9.17, 15) is 4.79 Å². The summed E-state index contributed by atoms with van der Waals surface area (Å²) >= 11 is 0. The molecule has 0 fully saturated rings. The number of aryl methyl sites for hydroxylation is 1. The third-order valence-corrected chi connectivity index (χ3v) is 3.43. The molecule has 3 rings (SSSR count). The molecule has 0 aliphatic carbocycles. The molecule has 21 heavy (non-hydrogen) atoms. The fraction of sp³-hybridized carbons (Fsp3) is 0.167. The number of allylic oxidation sites excluding steroid dienone is 1. The van der Waals surface area contributed by atoms with Gasteiger partial charge in [-0.05, 0) is 42.3 Å². The van der Waals surface area contributed by atoms with Gasteiger partial charge in [0.25, 0.3) is 0 Å². The van der Waals surface area contributed by atoms with Crippen molar-refractivity contribution in [3.8, 4) is 11.5 Å². The monoisotopic (exact) mass is 280 g/mol. The van der Waals surface area contributed by atoms with Gasteiger partial charge in [-0.2, -0.15) is 0 Å². The molecular formula is C18H16O3. The highest BCUT2D eigenvalue weighted by atomic mass is 16.6. The van der Waals surface area contributed by atoms with Gasteiger partial charge in [-0.25, -0.2) is 0 Å². The molecule has 0 amide bonds. The maximum absolute atomic E-state index is 12.2. The number of ether oxygens (including phenoxy) is 2. The van der Waals surface area contributed by atoms with E-state index in [1.807, 2.05) is 37.3 Å². The SMILES string of the molecule is Cc1ccccc1C=CC(=O)c1ccc2c(c1)OCCO2. The second-order valence-electron chi connectivity index (χ2n) is 4.91. The molecule has 0 aromatic heterocycles. The van der Waals surface area contributed by atoms with Crippen LogP contribution in [0.5, 0.6) is 11.5 Å². The summed E-state index contributed by atoms with van der Waals surface area (Å²) in [6, 6.07) is 13.2. The Hall–Kier alpha value is -2.55. The lowest BCUT2D eigenvalue weighted by molar-refractivity contribution is 0.104. The second-order valence-corrected chi connectivity index (χ2v) is 4.91. The van der Waals surface area contributed by atoms with Crippen LogP contribution in [0.3, 0.4) is 0 Å². The minimum absolute atomic E-state index is 0.0461. The van der Waals surface area contributed by atoms with E-state index in [-0.39, 0.29) is 5.78 Å². The Morgan fingerprint density at radius 2 is 1.81 bits per heavy atom. The Labute approximate surface area is 123 Å². The average molecular weight is 280 g/mol. The lowest BCUT2D eigenvalue weighted by Crippen LogP contribution is -2.15. The Bertz CT molecular complexity index is 701. The van der Waals surface area contributed by atoms with Gasteiger partial charge in [0.1, 0.15) is 13.2 Å². The van der Waals surface area contributed by atoms with Gasteiger partial charge in [-0.1, -0.05) is 30.3 Å². The van der Waals surface area contributed by atoms with Crippen LogP contribution in [0.4, 0.5) is 0 Å². The van der Waals surface area contributed by atoms with Gasteiger partial charge in [0, 0.05) is 5.56 Å². The summed E-state index contributed by atoms with van der Waals surface area (Å²) in [5.74, 6) is 1.28. The summed E-state index contributed by atoms with van der Waals surface area (Å²) in [4.78, 5) is 12.2. The third kappa shape index (κ3) is 2.97. The first-order chi connectivity index (χ1) is 10.2. The molecule has 0 N–H and O–H groups in total. The number of ketones is 1. The van der Waals surface area contributed by atoms with Crippen LogP contribution in [0.1, 0.15) is 21.5 Å². The first-order valence-electron chi connectivity index (χ1n) is 6.92. The van der Waals surface area contributed by atoms with Crippen molar-refractivity contribution in [1.82, 2.24) is 0 Å². The van der Waals surface area contributed by atoms with E-state index in [1.165, 1.54) is 0 Å². The molecule has 0 bridgehead atoms. The largest absolute Gasteiger partial charge is 0.486 e. The summed E-state index contributed by atoms with van der Waals surface area (Å²) in [7, 11) is 0. The zero-order chi connectivity index (χ0) is 14.7. The summed E-state index contributed by atoms with van der Waals surface area (Å²) < 4.78 is 10.9. The summed E-state index contributed by atoms with van der Waals surface area (Å²) in [6.07, 6.45) is 3.43. The second kappa shape index (κ2) is 5.83. The molecule has 3 nitrogen and oxygen atoms in total. The number of carbonyl (C=O) groups is 1. The van der Waals surface area contributed by atoms with Gasteiger partial charge >= 0.3 is 0 Å². The molecule has 1 aliphatic rings. The molecule has 2 aromatic rings. The molecule has 3 heteroatoms. The van der Waals surface area contributed by atoms with Crippen LogP contribution in [0.25, 0.3) is 6.08 Å². The number of hydrogen-bond acceptors (Lipinski definition) is 3. The van der Waals surface area contributed by atoms with Crippen LogP contribution in [0.15, 0.2) is 48.5 Å². The van der Waals surface area contributed by atoms with E-state index >= 15 is 0 Å². The molecule has 0 atom stereocenters. The van der Waals surface area contributed by atoms with Crippen LogP contribution in [0, 0.1) is 6.92 Å². The van der Waals surface area contributed by atoms with E-state index in [4.69, 9.17) is 9.47 Å². The molecule has 0 unspecified atom stereocenters. The summed E-state index contributed by atoms with van der Waals surface area (Å²) in [5.41, 5.74) is 2.79. The predicted molar refractivity (Wildman–Crippen MR) is 82.0 cm³/mol. The lowest BCUT2D eigenvalue weighted by atomic mass is 10.1. The Morgan fingerprint density at radius 3 is 2.62 bits per heavy atom. The average Bonchev–Trinajstić information content (AvgIpc) is 2.53. The number of hydrogen-bond donors (Lipinski definition) is 0. The molecule has 0 radical (unpaired) electrons. The normalized spacial score (nSPS) is 13.4. The highest BCUT2D eigenvalue weighted by Gasteiger charge is 2.13. The maximum atomic E-state index is 12.2. The topological polar surface area (TPSA) is 35.5 Å². The zero-order valence-electron chi connectivity index (χ0n) is 11.8. The molecule has 1 aliphatic heterocycles. The van der Waals surface area contributed by atoms with Crippen molar-refractivity contribution in [3.05, 3.63) is 65.2 Å². The van der Waals surface area contributed by atoms with Crippen LogP contribution in [-0.4, -0.2) is 19.0 Å². The minimum atomic E-state index is -0.0461. The van der Waals surface area contributed by atoms with E-state index in [1.54, 1.807) is 24.3 Å². The van der Waals surface area contributed by atoms with Crippen molar-refractivity contribution in [3.63, 3.8) is 0 Å². The molecular weight excluding hydrogens is 264 g/mol. The third-order valence-electron chi connectivity index (χ3n) is 3.43.